The molecule has 0 aliphatic heterocycles. The van der Waals surface area contributed by atoms with Gasteiger partial charge in [0.2, 0.25) is 5.95 Å². The van der Waals surface area contributed by atoms with Crippen LogP contribution in [0.2, 0.25) is 0 Å². The summed E-state index contributed by atoms with van der Waals surface area (Å²) in [5.41, 5.74) is 3.54. The minimum absolute atomic E-state index is 0.147. The van der Waals surface area contributed by atoms with E-state index in [1.165, 1.54) is 0 Å². The number of rotatable bonds is 6. The maximum Gasteiger partial charge on any atom is 0.310 e. The van der Waals surface area contributed by atoms with E-state index in [1.807, 2.05) is 59.2 Å². The van der Waals surface area contributed by atoms with Gasteiger partial charge in [0.05, 0.1) is 17.6 Å². The van der Waals surface area contributed by atoms with Gasteiger partial charge in [-0.3, -0.25) is 9.36 Å². The van der Waals surface area contributed by atoms with Crippen LogP contribution in [0.1, 0.15) is 16.8 Å². The molecule has 28 heavy (non-hydrogen) atoms. The zero-order valence-corrected chi connectivity index (χ0v) is 15.3. The number of hydrogen-bond donors (Lipinski definition) is 0. The van der Waals surface area contributed by atoms with Gasteiger partial charge in [-0.1, -0.05) is 55.1 Å². The average Bonchev–Trinajstić information content (AvgIpc) is 3.07. The summed E-state index contributed by atoms with van der Waals surface area (Å²) in [4.78, 5) is 21.3. The smallest absolute Gasteiger partial charge is 0.310 e. The fourth-order valence-electron chi connectivity index (χ4n) is 3.28. The van der Waals surface area contributed by atoms with Gasteiger partial charge in [0, 0.05) is 17.8 Å². The van der Waals surface area contributed by atoms with Gasteiger partial charge in [-0.2, -0.15) is 0 Å². The van der Waals surface area contributed by atoms with Crippen LogP contribution in [0.4, 0.5) is 0 Å². The fourth-order valence-corrected chi connectivity index (χ4v) is 3.28. The molecule has 138 valence electrons. The fraction of sp³-hybridized carbons (Fsp3) is 0.0870. The van der Waals surface area contributed by atoms with Crippen molar-refractivity contribution in [3.05, 3.63) is 96.5 Å². The molecule has 2 heterocycles. The van der Waals surface area contributed by atoms with E-state index in [4.69, 9.17) is 4.74 Å². The van der Waals surface area contributed by atoms with Crippen LogP contribution in [0.25, 0.3) is 22.9 Å². The summed E-state index contributed by atoms with van der Waals surface area (Å²) in [5.74, 6) is 0.251. The lowest BCUT2D eigenvalue weighted by Gasteiger charge is -2.07. The van der Waals surface area contributed by atoms with Gasteiger partial charge in [-0.25, -0.2) is 9.97 Å². The molecule has 2 aromatic carbocycles. The molecule has 0 aliphatic carbocycles. The number of ether oxygens (including phenoxy) is 1. The first-order valence-electron chi connectivity index (χ1n) is 8.99. The largest absolute Gasteiger partial charge is 0.461 e. The molecular weight excluding hydrogens is 350 g/mol. The second-order valence-corrected chi connectivity index (χ2v) is 6.29. The van der Waals surface area contributed by atoms with Crippen molar-refractivity contribution in [2.24, 2.45) is 0 Å². The quantitative estimate of drug-likeness (QED) is 0.474. The van der Waals surface area contributed by atoms with Crippen molar-refractivity contribution in [3.8, 4) is 5.95 Å². The number of para-hydroxylation sites is 1. The highest BCUT2D eigenvalue weighted by Gasteiger charge is 2.20. The third-order valence-corrected chi connectivity index (χ3v) is 4.53. The molecular formula is C23H19N3O2. The third-order valence-electron chi connectivity index (χ3n) is 4.53. The van der Waals surface area contributed by atoms with Crippen molar-refractivity contribution in [1.82, 2.24) is 14.5 Å². The topological polar surface area (TPSA) is 57.0 Å². The molecule has 0 N–H and O–H groups in total. The number of nitrogens with zero attached hydrogens (tertiary/aromatic N) is 3. The Kier molecular flexibility index (Phi) is 4.97. The van der Waals surface area contributed by atoms with E-state index in [0.29, 0.717) is 5.95 Å². The summed E-state index contributed by atoms with van der Waals surface area (Å²) < 4.78 is 7.40. The van der Waals surface area contributed by atoms with Gasteiger partial charge in [0.1, 0.15) is 6.61 Å². The first-order valence-corrected chi connectivity index (χ1v) is 8.99. The van der Waals surface area contributed by atoms with Crippen molar-refractivity contribution in [2.45, 2.75) is 13.0 Å². The number of hydrogen-bond acceptors (Lipinski definition) is 4. The first kappa shape index (κ1) is 17.7. The molecule has 0 fully saturated rings. The number of fused-ring (bicyclic) bond motifs is 1. The Morgan fingerprint density at radius 1 is 1.00 bits per heavy atom. The molecule has 5 heteroatoms. The molecule has 5 nitrogen and oxygen atoms in total. The van der Waals surface area contributed by atoms with Crippen LogP contribution < -0.4 is 0 Å². The summed E-state index contributed by atoms with van der Waals surface area (Å²) in [6.07, 6.45) is 5.26. The summed E-state index contributed by atoms with van der Waals surface area (Å²) in [5, 5.41) is 0.960. The van der Waals surface area contributed by atoms with Crippen LogP contribution in [0.15, 0.2) is 79.6 Å². The van der Waals surface area contributed by atoms with Gasteiger partial charge in [0.25, 0.3) is 0 Å². The molecule has 0 amide bonds. The van der Waals surface area contributed by atoms with Crippen LogP contribution >= 0.6 is 0 Å². The first-order chi connectivity index (χ1) is 13.8. The van der Waals surface area contributed by atoms with Crippen molar-refractivity contribution >= 4 is 22.9 Å². The van der Waals surface area contributed by atoms with E-state index in [1.54, 1.807) is 24.5 Å². The van der Waals surface area contributed by atoms with Gasteiger partial charge in [-0.15, -0.1) is 0 Å². The molecule has 0 atom stereocenters. The third kappa shape index (κ3) is 3.42. The Bertz CT molecular complexity index is 1120. The number of esters is 1. The van der Waals surface area contributed by atoms with E-state index < -0.39 is 0 Å². The highest BCUT2D eigenvalue weighted by molar-refractivity contribution is 5.92. The van der Waals surface area contributed by atoms with Gasteiger partial charge < -0.3 is 4.74 Å². The average molecular weight is 369 g/mol. The Hall–Kier alpha value is -3.73. The number of benzene rings is 2. The summed E-state index contributed by atoms with van der Waals surface area (Å²) in [6, 6.07) is 19.3. The van der Waals surface area contributed by atoms with Crippen LogP contribution in [0.5, 0.6) is 0 Å². The Morgan fingerprint density at radius 3 is 2.46 bits per heavy atom. The summed E-state index contributed by atoms with van der Waals surface area (Å²) in [7, 11) is 0. The zero-order chi connectivity index (χ0) is 19.3. The molecule has 4 rings (SSSR count). The van der Waals surface area contributed by atoms with Gasteiger partial charge in [-0.05, 0) is 29.3 Å². The van der Waals surface area contributed by atoms with Crippen molar-refractivity contribution in [3.63, 3.8) is 0 Å². The zero-order valence-electron chi connectivity index (χ0n) is 15.3. The molecule has 0 spiro atoms. The van der Waals surface area contributed by atoms with Crippen molar-refractivity contribution in [2.75, 3.05) is 0 Å². The number of aromatic nitrogens is 3. The molecule has 4 aromatic rings. The maximum atomic E-state index is 12.5. The maximum absolute atomic E-state index is 12.5. The SMILES string of the molecule is C=Cc1c(CC(=O)OCc2ccccc2)c2ccccc2n1-c1ncccn1. The molecule has 0 saturated heterocycles. The normalized spacial score (nSPS) is 10.7. The highest BCUT2D eigenvalue weighted by atomic mass is 16.5. The molecule has 0 radical (unpaired) electrons. The lowest BCUT2D eigenvalue weighted by molar-refractivity contribution is -0.144. The number of carbonyl (C=O) groups excluding carboxylic acids is 1. The van der Waals surface area contributed by atoms with E-state index in [-0.39, 0.29) is 19.0 Å². The predicted octanol–water partition coefficient (Wildman–Crippen LogP) is 4.35. The Labute approximate surface area is 162 Å². The predicted molar refractivity (Wildman–Crippen MR) is 109 cm³/mol. The van der Waals surface area contributed by atoms with Crippen LogP contribution in [-0.2, 0) is 22.6 Å². The van der Waals surface area contributed by atoms with Crippen LogP contribution in [0, 0.1) is 0 Å². The Morgan fingerprint density at radius 2 is 1.71 bits per heavy atom. The van der Waals surface area contributed by atoms with Gasteiger partial charge in [0.15, 0.2) is 0 Å². The molecule has 0 bridgehead atoms. The lowest BCUT2D eigenvalue weighted by atomic mass is 10.1. The molecule has 0 aliphatic rings. The Balaban J connectivity index is 1.69. The molecule has 0 unspecified atom stereocenters. The van der Waals surface area contributed by atoms with Gasteiger partial charge >= 0.3 is 5.97 Å². The molecule has 2 aromatic heterocycles. The van der Waals surface area contributed by atoms with Crippen LogP contribution in [0.3, 0.4) is 0 Å². The summed E-state index contributed by atoms with van der Waals surface area (Å²) in [6.45, 7) is 4.20. The summed E-state index contributed by atoms with van der Waals surface area (Å²) >= 11 is 0. The lowest BCUT2D eigenvalue weighted by Crippen LogP contribution is -2.09. The highest BCUT2D eigenvalue weighted by Crippen LogP contribution is 2.29. The second-order valence-electron chi connectivity index (χ2n) is 6.29. The van der Waals surface area contributed by atoms with E-state index >= 15 is 0 Å². The van der Waals surface area contributed by atoms with E-state index in [9.17, 15) is 4.79 Å². The van der Waals surface area contributed by atoms with Crippen molar-refractivity contribution < 1.29 is 9.53 Å². The molecule has 0 saturated carbocycles. The number of carbonyl (C=O) groups is 1. The monoisotopic (exact) mass is 369 g/mol. The minimum Gasteiger partial charge on any atom is -0.461 e. The van der Waals surface area contributed by atoms with Crippen LogP contribution in [-0.4, -0.2) is 20.5 Å². The van der Waals surface area contributed by atoms with Crippen molar-refractivity contribution in [1.29, 1.82) is 0 Å². The van der Waals surface area contributed by atoms with E-state index in [2.05, 4.69) is 16.5 Å². The minimum atomic E-state index is -0.288. The standard InChI is InChI=1S/C23H19N3O2/c1-2-20-19(15-22(27)28-16-17-9-4-3-5-10-17)18-11-6-7-12-21(18)26(20)23-24-13-8-14-25-23/h2-14H,1,15-16H2. The second kappa shape index (κ2) is 7.88. The van der Waals surface area contributed by atoms with E-state index in [0.717, 1.165) is 27.7 Å².